The van der Waals surface area contributed by atoms with E-state index in [1.807, 2.05) is 25.1 Å². The Hall–Kier alpha value is -2.31. The van der Waals surface area contributed by atoms with Crippen LogP contribution in [0.3, 0.4) is 0 Å². The van der Waals surface area contributed by atoms with Crippen LogP contribution in [0.4, 0.5) is 4.79 Å². The number of benzene rings is 1. The highest BCUT2D eigenvalue weighted by Crippen LogP contribution is 2.48. The molecule has 2 fully saturated rings. The van der Waals surface area contributed by atoms with Gasteiger partial charge in [0, 0.05) is 24.4 Å². The van der Waals surface area contributed by atoms with Crippen LogP contribution in [0, 0.1) is 10.3 Å². The van der Waals surface area contributed by atoms with Crippen molar-refractivity contribution in [1.82, 2.24) is 4.90 Å². The minimum Gasteiger partial charge on any atom is -0.493 e. The van der Waals surface area contributed by atoms with E-state index in [-0.39, 0.29) is 18.1 Å². The Balaban J connectivity index is 1.94. The molecule has 1 aliphatic heterocycles. The Morgan fingerprint density at radius 2 is 1.96 bits per heavy atom. The molecule has 2 aliphatic rings. The molecule has 1 aromatic rings. The number of carbonyl (C=O) groups is 1. The molecule has 1 amide bonds. The first-order valence-electron chi connectivity index (χ1n) is 9.93. The summed E-state index contributed by atoms with van der Waals surface area (Å²) in [4.78, 5) is 25.2. The average molecular weight is 390 g/mol. The van der Waals surface area contributed by atoms with Crippen molar-refractivity contribution in [2.24, 2.45) is 10.6 Å². The number of carbonyl (C=O) groups excluding carboxylic acids is 1. The zero-order valence-electron chi connectivity index (χ0n) is 17.1. The van der Waals surface area contributed by atoms with E-state index in [1.165, 1.54) is 20.0 Å². The lowest BCUT2D eigenvalue weighted by atomic mass is 9.71. The van der Waals surface area contributed by atoms with Crippen LogP contribution in [0.2, 0.25) is 0 Å². The zero-order valence-corrected chi connectivity index (χ0v) is 17.1. The van der Waals surface area contributed by atoms with Crippen molar-refractivity contribution in [3.05, 3.63) is 28.7 Å². The normalized spacial score (nSPS) is 26.1. The first-order chi connectivity index (χ1) is 13.4. The molecule has 0 spiro atoms. The van der Waals surface area contributed by atoms with E-state index < -0.39 is 11.5 Å². The Bertz CT molecular complexity index is 719. The maximum Gasteiger partial charge on any atom is 0.409 e. The Labute approximate surface area is 166 Å². The summed E-state index contributed by atoms with van der Waals surface area (Å²) in [7, 11) is 3.00. The van der Waals surface area contributed by atoms with E-state index in [0.29, 0.717) is 18.8 Å². The SMILES string of the molecule is COC(=O)N1CC(c2ccc(OC)c(OC3CCCC3)c2)[C@@](C)(C(C)N=O)C1. The molecule has 7 nitrogen and oxygen atoms in total. The van der Waals surface area contributed by atoms with Gasteiger partial charge in [-0.3, -0.25) is 0 Å². The second-order valence-electron chi connectivity index (χ2n) is 8.12. The Morgan fingerprint density at radius 1 is 1.25 bits per heavy atom. The summed E-state index contributed by atoms with van der Waals surface area (Å²) in [6.07, 6.45) is 4.30. The van der Waals surface area contributed by atoms with Gasteiger partial charge in [-0.15, -0.1) is 0 Å². The molecule has 0 aromatic heterocycles. The monoisotopic (exact) mass is 390 g/mol. The van der Waals surface area contributed by atoms with Gasteiger partial charge in [-0.05, 0) is 50.3 Å². The van der Waals surface area contributed by atoms with Gasteiger partial charge in [0.05, 0.1) is 26.4 Å². The quantitative estimate of drug-likeness (QED) is 0.675. The summed E-state index contributed by atoms with van der Waals surface area (Å²) in [6.45, 7) is 4.70. The van der Waals surface area contributed by atoms with Gasteiger partial charge in [-0.1, -0.05) is 18.2 Å². The topological polar surface area (TPSA) is 77.4 Å². The third-order valence-corrected chi connectivity index (χ3v) is 6.46. The first-order valence-corrected chi connectivity index (χ1v) is 9.93. The van der Waals surface area contributed by atoms with Crippen LogP contribution in [0.25, 0.3) is 0 Å². The molecule has 1 saturated heterocycles. The molecule has 0 radical (unpaired) electrons. The van der Waals surface area contributed by atoms with Gasteiger partial charge in [0.1, 0.15) is 0 Å². The predicted octanol–water partition coefficient (Wildman–Crippen LogP) is 4.34. The highest BCUT2D eigenvalue weighted by atomic mass is 16.5. The lowest BCUT2D eigenvalue weighted by Gasteiger charge is -2.33. The standard InChI is InChI=1S/C21H30N2O5/c1-14(22-25)21(2)13-23(20(24)27-4)12-17(21)15-9-10-18(26-3)19(11-15)28-16-7-5-6-8-16/h9-11,14,16-17H,5-8,12-13H2,1-4H3/t14?,17?,21-/m1/s1. The van der Waals surface area contributed by atoms with E-state index in [1.54, 1.807) is 18.9 Å². The second-order valence-corrected chi connectivity index (χ2v) is 8.12. The van der Waals surface area contributed by atoms with Gasteiger partial charge < -0.3 is 19.1 Å². The van der Waals surface area contributed by atoms with E-state index in [0.717, 1.165) is 24.2 Å². The van der Waals surface area contributed by atoms with Crippen LogP contribution in [0.1, 0.15) is 51.0 Å². The number of nitrogens with zero attached hydrogens (tertiary/aromatic N) is 2. The third kappa shape index (κ3) is 3.80. The summed E-state index contributed by atoms with van der Waals surface area (Å²) >= 11 is 0. The molecule has 1 heterocycles. The minimum absolute atomic E-state index is 0.0591. The van der Waals surface area contributed by atoms with Crippen LogP contribution >= 0.6 is 0 Å². The largest absolute Gasteiger partial charge is 0.493 e. The van der Waals surface area contributed by atoms with Crippen molar-refractivity contribution in [3.8, 4) is 11.5 Å². The summed E-state index contributed by atoms with van der Waals surface area (Å²) < 4.78 is 16.6. The molecular weight excluding hydrogens is 360 g/mol. The fourth-order valence-corrected chi connectivity index (χ4v) is 4.50. The highest BCUT2D eigenvalue weighted by molar-refractivity contribution is 5.68. The number of hydrogen-bond donors (Lipinski definition) is 0. The summed E-state index contributed by atoms with van der Waals surface area (Å²) in [5.74, 6) is 1.36. The molecule has 154 valence electrons. The smallest absolute Gasteiger partial charge is 0.409 e. The zero-order chi connectivity index (χ0) is 20.3. The molecule has 3 atom stereocenters. The van der Waals surface area contributed by atoms with Crippen LogP contribution in [0.5, 0.6) is 11.5 Å². The Kier molecular flexibility index (Phi) is 6.10. The highest BCUT2D eigenvalue weighted by Gasteiger charge is 2.50. The van der Waals surface area contributed by atoms with Gasteiger partial charge in [-0.2, -0.15) is 4.91 Å². The molecule has 0 bridgehead atoms. The van der Waals surface area contributed by atoms with Gasteiger partial charge in [-0.25, -0.2) is 4.79 Å². The van der Waals surface area contributed by atoms with Crippen LogP contribution in [-0.2, 0) is 4.74 Å². The molecule has 28 heavy (non-hydrogen) atoms. The van der Waals surface area contributed by atoms with Gasteiger partial charge in [0.25, 0.3) is 0 Å². The van der Waals surface area contributed by atoms with Crippen LogP contribution in [-0.4, -0.2) is 50.4 Å². The lowest BCUT2D eigenvalue weighted by molar-refractivity contribution is 0.126. The molecule has 0 N–H and O–H groups in total. The maximum atomic E-state index is 12.1. The molecule has 1 aromatic carbocycles. The van der Waals surface area contributed by atoms with Gasteiger partial charge in [0.2, 0.25) is 0 Å². The molecular formula is C21H30N2O5. The van der Waals surface area contributed by atoms with Gasteiger partial charge in [0.15, 0.2) is 11.5 Å². The summed E-state index contributed by atoms with van der Waals surface area (Å²) in [5, 5.41) is 3.29. The maximum absolute atomic E-state index is 12.1. The van der Waals surface area contributed by atoms with Crippen molar-refractivity contribution in [2.75, 3.05) is 27.3 Å². The number of amides is 1. The molecule has 2 unspecified atom stereocenters. The van der Waals surface area contributed by atoms with E-state index >= 15 is 0 Å². The predicted molar refractivity (Wildman–Crippen MR) is 106 cm³/mol. The summed E-state index contributed by atoms with van der Waals surface area (Å²) in [5.41, 5.74) is 0.521. The third-order valence-electron chi connectivity index (χ3n) is 6.46. The van der Waals surface area contributed by atoms with E-state index in [2.05, 4.69) is 5.18 Å². The van der Waals surface area contributed by atoms with Crippen LogP contribution in [0.15, 0.2) is 23.4 Å². The fraction of sp³-hybridized carbons (Fsp3) is 0.667. The van der Waals surface area contributed by atoms with Crippen molar-refractivity contribution < 1.29 is 19.0 Å². The second kappa shape index (κ2) is 8.37. The van der Waals surface area contributed by atoms with Crippen LogP contribution < -0.4 is 9.47 Å². The molecule has 1 saturated carbocycles. The number of methoxy groups -OCH3 is 2. The first kappa shape index (κ1) is 20.4. The van der Waals surface area contributed by atoms with E-state index in [9.17, 15) is 9.70 Å². The van der Waals surface area contributed by atoms with Crippen molar-refractivity contribution in [1.29, 1.82) is 0 Å². The summed E-state index contributed by atoms with van der Waals surface area (Å²) in [6, 6.07) is 5.44. The average Bonchev–Trinajstić information content (AvgIpc) is 3.35. The van der Waals surface area contributed by atoms with Crippen molar-refractivity contribution >= 4 is 6.09 Å². The van der Waals surface area contributed by atoms with Crippen molar-refractivity contribution in [3.63, 3.8) is 0 Å². The number of ether oxygens (including phenoxy) is 3. The van der Waals surface area contributed by atoms with Gasteiger partial charge >= 0.3 is 6.09 Å². The minimum atomic E-state index is -0.491. The molecule has 3 rings (SSSR count). The number of likely N-dealkylation sites (tertiary alicyclic amines) is 1. The number of hydrogen-bond acceptors (Lipinski definition) is 6. The fourth-order valence-electron chi connectivity index (χ4n) is 4.50. The Morgan fingerprint density at radius 3 is 2.57 bits per heavy atom. The molecule has 1 aliphatic carbocycles. The lowest BCUT2D eigenvalue weighted by Crippen LogP contribution is -2.37. The number of rotatable bonds is 6. The number of nitroso groups, excluding NO2 is 1. The van der Waals surface area contributed by atoms with E-state index in [4.69, 9.17) is 14.2 Å². The van der Waals surface area contributed by atoms with Crippen molar-refractivity contribution in [2.45, 2.75) is 57.6 Å². The molecule has 7 heteroatoms.